The molecule has 3 N–H and O–H groups in total. The van der Waals surface area contributed by atoms with Gasteiger partial charge in [-0.2, -0.15) is 0 Å². The van der Waals surface area contributed by atoms with Crippen LogP contribution >= 0.6 is 0 Å². The Bertz CT molecular complexity index is 950. The maximum Gasteiger partial charge on any atom is 0.240 e. The van der Waals surface area contributed by atoms with Gasteiger partial charge in [0, 0.05) is 6.42 Å². The fourth-order valence-corrected chi connectivity index (χ4v) is 3.08. The highest BCUT2D eigenvalue weighted by molar-refractivity contribution is 5.89. The Hall–Kier alpha value is -3.14. The molecule has 0 fully saturated rings. The minimum Gasteiger partial charge on any atom is -0.368 e. The molecule has 0 spiro atoms. The van der Waals surface area contributed by atoms with Gasteiger partial charge in [0.1, 0.15) is 6.04 Å². The Morgan fingerprint density at radius 2 is 1.69 bits per heavy atom. The van der Waals surface area contributed by atoms with Crippen LogP contribution in [0.1, 0.15) is 16.7 Å². The van der Waals surface area contributed by atoms with Crippen molar-refractivity contribution in [3.63, 3.8) is 0 Å². The fraction of sp³-hybridized carbons (Fsp3) is 0.182. The van der Waals surface area contributed by atoms with Crippen LogP contribution in [0.15, 0.2) is 66.7 Å². The van der Waals surface area contributed by atoms with E-state index < -0.39 is 11.9 Å². The second kappa shape index (κ2) is 7.83. The summed E-state index contributed by atoms with van der Waals surface area (Å²) >= 11 is 0. The third-order valence-corrected chi connectivity index (χ3v) is 4.38. The molecule has 1 atom stereocenters. The lowest BCUT2D eigenvalue weighted by atomic mass is 10.0. The van der Waals surface area contributed by atoms with Crippen molar-refractivity contribution in [1.82, 2.24) is 5.32 Å². The molecule has 0 aliphatic carbocycles. The van der Waals surface area contributed by atoms with E-state index in [0.717, 1.165) is 27.5 Å². The number of carbonyl (C=O) groups excluding carboxylic acids is 2. The first-order valence-electron chi connectivity index (χ1n) is 8.63. The number of nitrogens with two attached hydrogens (primary N) is 1. The van der Waals surface area contributed by atoms with Crippen LogP contribution in [0.3, 0.4) is 0 Å². The van der Waals surface area contributed by atoms with Crippen LogP contribution in [0, 0.1) is 6.92 Å². The zero-order valence-electron chi connectivity index (χ0n) is 14.7. The maximum absolute atomic E-state index is 12.4. The number of primary amides is 1. The SMILES string of the molecule is Cc1cccc(C[C@H](NC(=O)Cc2ccc3ccccc3c2)C(N)=O)c1. The third-order valence-electron chi connectivity index (χ3n) is 4.38. The Morgan fingerprint density at radius 1 is 0.923 bits per heavy atom. The molecule has 0 saturated heterocycles. The highest BCUT2D eigenvalue weighted by Gasteiger charge is 2.19. The molecule has 2 amide bonds. The first-order chi connectivity index (χ1) is 12.5. The predicted octanol–water partition coefficient (Wildman–Crippen LogP) is 2.90. The monoisotopic (exact) mass is 346 g/mol. The fourth-order valence-electron chi connectivity index (χ4n) is 3.08. The number of aryl methyl sites for hydroxylation is 1. The van der Waals surface area contributed by atoms with Gasteiger partial charge in [0.05, 0.1) is 6.42 Å². The van der Waals surface area contributed by atoms with Crippen molar-refractivity contribution >= 4 is 22.6 Å². The lowest BCUT2D eigenvalue weighted by Gasteiger charge is -2.16. The Balaban J connectivity index is 1.68. The molecule has 4 heteroatoms. The summed E-state index contributed by atoms with van der Waals surface area (Å²) in [5.74, 6) is -0.741. The molecule has 0 heterocycles. The summed E-state index contributed by atoms with van der Waals surface area (Å²) in [7, 11) is 0. The molecule has 0 bridgehead atoms. The summed E-state index contributed by atoms with van der Waals surface area (Å²) in [4.78, 5) is 24.2. The predicted molar refractivity (Wildman–Crippen MR) is 104 cm³/mol. The van der Waals surface area contributed by atoms with Gasteiger partial charge in [-0.15, -0.1) is 0 Å². The van der Waals surface area contributed by atoms with Crippen molar-refractivity contribution in [3.05, 3.63) is 83.4 Å². The molecule has 3 aromatic rings. The number of fused-ring (bicyclic) bond motifs is 1. The van der Waals surface area contributed by atoms with Crippen LogP contribution in [0.25, 0.3) is 10.8 Å². The van der Waals surface area contributed by atoms with Gasteiger partial charge in [0.15, 0.2) is 0 Å². The lowest BCUT2D eigenvalue weighted by Crippen LogP contribution is -2.46. The van der Waals surface area contributed by atoms with Crippen LogP contribution in [0.2, 0.25) is 0 Å². The molecule has 132 valence electrons. The zero-order valence-corrected chi connectivity index (χ0v) is 14.7. The summed E-state index contributed by atoms with van der Waals surface area (Å²) in [6.07, 6.45) is 0.600. The molecule has 0 aromatic heterocycles. The van der Waals surface area contributed by atoms with E-state index in [1.165, 1.54) is 0 Å². The van der Waals surface area contributed by atoms with Crippen molar-refractivity contribution in [1.29, 1.82) is 0 Å². The molecule has 0 saturated carbocycles. The number of carbonyl (C=O) groups is 2. The van der Waals surface area contributed by atoms with Gasteiger partial charge in [-0.05, 0) is 28.8 Å². The minimum atomic E-state index is -0.718. The van der Waals surface area contributed by atoms with Crippen LogP contribution in [-0.4, -0.2) is 17.9 Å². The van der Waals surface area contributed by atoms with E-state index in [1.54, 1.807) is 0 Å². The smallest absolute Gasteiger partial charge is 0.240 e. The maximum atomic E-state index is 12.4. The average Bonchev–Trinajstić information content (AvgIpc) is 2.61. The van der Waals surface area contributed by atoms with Crippen LogP contribution < -0.4 is 11.1 Å². The van der Waals surface area contributed by atoms with Crippen LogP contribution in [-0.2, 0) is 22.4 Å². The van der Waals surface area contributed by atoms with Crippen molar-refractivity contribution in [3.8, 4) is 0 Å². The largest absolute Gasteiger partial charge is 0.368 e. The van der Waals surface area contributed by atoms with E-state index in [0.29, 0.717) is 6.42 Å². The van der Waals surface area contributed by atoms with Gasteiger partial charge < -0.3 is 11.1 Å². The standard InChI is InChI=1S/C22H22N2O2/c1-15-5-4-6-16(11-15)13-20(22(23)26)24-21(25)14-17-9-10-18-7-2-3-8-19(18)12-17/h2-12,20H,13-14H2,1H3,(H2,23,26)(H,24,25)/t20-/m0/s1. The molecule has 3 aromatic carbocycles. The third kappa shape index (κ3) is 4.48. The van der Waals surface area contributed by atoms with E-state index in [2.05, 4.69) is 5.32 Å². The number of rotatable bonds is 6. The molecule has 4 nitrogen and oxygen atoms in total. The highest BCUT2D eigenvalue weighted by atomic mass is 16.2. The van der Waals surface area contributed by atoms with Gasteiger partial charge >= 0.3 is 0 Å². The van der Waals surface area contributed by atoms with E-state index >= 15 is 0 Å². The summed E-state index contributed by atoms with van der Waals surface area (Å²) in [5, 5.41) is 4.99. The topological polar surface area (TPSA) is 72.2 Å². The number of hydrogen-bond acceptors (Lipinski definition) is 2. The summed E-state index contributed by atoms with van der Waals surface area (Å²) in [5.41, 5.74) is 8.46. The van der Waals surface area contributed by atoms with Crippen molar-refractivity contribution in [2.45, 2.75) is 25.8 Å². The van der Waals surface area contributed by atoms with Crippen molar-refractivity contribution in [2.75, 3.05) is 0 Å². The number of amides is 2. The highest BCUT2D eigenvalue weighted by Crippen LogP contribution is 2.16. The Labute approximate surface area is 153 Å². The van der Waals surface area contributed by atoms with Gasteiger partial charge in [0.25, 0.3) is 0 Å². The minimum absolute atomic E-state index is 0.211. The molecule has 0 aliphatic heterocycles. The second-order valence-corrected chi connectivity index (χ2v) is 6.57. The molecule has 3 rings (SSSR count). The Kier molecular flexibility index (Phi) is 5.32. The van der Waals surface area contributed by atoms with Crippen LogP contribution in [0.5, 0.6) is 0 Å². The van der Waals surface area contributed by atoms with E-state index in [1.807, 2.05) is 73.7 Å². The molecule has 26 heavy (non-hydrogen) atoms. The first-order valence-corrected chi connectivity index (χ1v) is 8.63. The summed E-state index contributed by atoms with van der Waals surface area (Å²) < 4.78 is 0. The van der Waals surface area contributed by atoms with E-state index in [4.69, 9.17) is 5.73 Å². The molecular weight excluding hydrogens is 324 g/mol. The van der Waals surface area contributed by atoms with Gasteiger partial charge in [0.2, 0.25) is 11.8 Å². The first kappa shape index (κ1) is 17.7. The summed E-state index contributed by atoms with van der Waals surface area (Å²) in [6.45, 7) is 1.99. The second-order valence-electron chi connectivity index (χ2n) is 6.57. The van der Waals surface area contributed by atoms with E-state index in [9.17, 15) is 9.59 Å². The normalized spacial score (nSPS) is 11.9. The molecule has 0 unspecified atom stereocenters. The van der Waals surface area contributed by atoms with Crippen molar-refractivity contribution < 1.29 is 9.59 Å². The number of nitrogens with one attached hydrogen (secondary N) is 1. The lowest BCUT2D eigenvalue weighted by molar-refractivity contribution is -0.127. The number of hydrogen-bond donors (Lipinski definition) is 2. The molecular formula is C22H22N2O2. The molecule has 0 aliphatic rings. The van der Waals surface area contributed by atoms with Gasteiger partial charge in [-0.1, -0.05) is 72.3 Å². The quantitative estimate of drug-likeness (QED) is 0.720. The Morgan fingerprint density at radius 3 is 2.42 bits per heavy atom. The van der Waals surface area contributed by atoms with Crippen LogP contribution in [0.4, 0.5) is 0 Å². The average molecular weight is 346 g/mol. The molecule has 0 radical (unpaired) electrons. The number of benzene rings is 3. The summed E-state index contributed by atoms with van der Waals surface area (Å²) in [6, 6.07) is 21.0. The van der Waals surface area contributed by atoms with Gasteiger partial charge in [-0.3, -0.25) is 9.59 Å². The van der Waals surface area contributed by atoms with E-state index in [-0.39, 0.29) is 12.3 Å². The van der Waals surface area contributed by atoms with Gasteiger partial charge in [-0.25, -0.2) is 0 Å². The zero-order chi connectivity index (χ0) is 18.5. The van der Waals surface area contributed by atoms with Crippen molar-refractivity contribution in [2.24, 2.45) is 5.73 Å².